The highest BCUT2D eigenvalue weighted by molar-refractivity contribution is 5.65. The van der Waals surface area contributed by atoms with Crippen LogP contribution in [0, 0.1) is 5.92 Å². The van der Waals surface area contributed by atoms with Crippen LogP contribution in [-0.2, 0) is 0 Å². The van der Waals surface area contributed by atoms with Gasteiger partial charge in [0.25, 0.3) is 0 Å². The zero-order chi connectivity index (χ0) is 10.1. The molecule has 4 nitrogen and oxygen atoms in total. The molecule has 0 saturated carbocycles. The molecule has 1 atom stereocenters. The Morgan fingerprint density at radius 2 is 2.55 bits per heavy atom. The van der Waals surface area contributed by atoms with Gasteiger partial charge in [0.2, 0.25) is 0 Å². The maximum absolute atomic E-state index is 10.5. The van der Waals surface area contributed by atoms with Crippen LogP contribution in [-0.4, -0.2) is 40.9 Å². The van der Waals surface area contributed by atoms with Crippen molar-refractivity contribution in [2.45, 2.75) is 12.8 Å². The van der Waals surface area contributed by atoms with E-state index in [0.29, 0.717) is 19.4 Å². The van der Waals surface area contributed by atoms with Crippen LogP contribution in [0.15, 0.2) is 0 Å². The van der Waals surface area contributed by atoms with Gasteiger partial charge in [-0.3, -0.25) is 0 Å². The fourth-order valence-corrected chi connectivity index (χ4v) is 1.26. The van der Waals surface area contributed by atoms with Crippen LogP contribution < -0.4 is 0 Å². The Morgan fingerprint density at radius 3 is 3.09 bits per heavy atom. The van der Waals surface area contributed by atoms with E-state index < -0.39 is 18.6 Å². The average Bonchev–Trinajstić information content (AvgIpc) is 2.03. The number of carbonyl (C=O) groups is 1. The van der Waals surface area contributed by atoms with Gasteiger partial charge in [0.1, 0.15) is 0 Å². The molecule has 1 rings (SSSR count). The van der Waals surface area contributed by atoms with E-state index in [-0.39, 0.29) is 6.54 Å². The molecule has 0 radical (unpaired) electrons. The molecule has 1 amide bonds. The van der Waals surface area contributed by atoms with Crippen molar-refractivity contribution in [2.75, 3.05) is 19.6 Å². The molecule has 1 aliphatic heterocycles. The fraction of sp³-hybridized carbons (Fsp3) is 0.857. The fourth-order valence-electron chi connectivity index (χ4n) is 1.26. The molecule has 4 heteroatoms. The van der Waals surface area contributed by atoms with Gasteiger partial charge in [-0.15, -0.1) is 0 Å². The molecule has 64 valence electrons. The molecule has 1 heterocycles. The summed E-state index contributed by atoms with van der Waals surface area (Å²) in [6.45, 7) is -1.76. The molecule has 0 unspecified atom stereocenters. The topological polar surface area (TPSA) is 60.8 Å². The Morgan fingerprint density at radius 1 is 1.82 bits per heavy atom. The second-order valence-corrected chi connectivity index (χ2v) is 2.70. The number of nitrogens with zero attached hydrogens (tertiary/aromatic N) is 1. The number of carboxylic acid groups (broad SMARTS) is 1. The predicted octanol–water partition coefficient (Wildman–Crippen LogP) is 0.369. The molecule has 0 aliphatic carbocycles. The SMILES string of the molecule is [2H]C([2H])(O)[C@H]1CCCN(C(=O)O)C1. The van der Waals surface area contributed by atoms with E-state index in [2.05, 4.69) is 0 Å². The highest BCUT2D eigenvalue weighted by Gasteiger charge is 2.21. The molecule has 0 spiro atoms. The van der Waals surface area contributed by atoms with Crippen LogP contribution in [0.1, 0.15) is 15.6 Å². The lowest BCUT2D eigenvalue weighted by atomic mass is 10.00. The van der Waals surface area contributed by atoms with Gasteiger partial charge < -0.3 is 15.1 Å². The van der Waals surface area contributed by atoms with Gasteiger partial charge in [-0.25, -0.2) is 4.79 Å². The van der Waals surface area contributed by atoms with Gasteiger partial charge in [-0.2, -0.15) is 0 Å². The largest absolute Gasteiger partial charge is 0.465 e. The van der Waals surface area contributed by atoms with Crippen molar-refractivity contribution < 1.29 is 17.7 Å². The lowest BCUT2D eigenvalue weighted by Crippen LogP contribution is -2.40. The summed E-state index contributed by atoms with van der Waals surface area (Å²) in [4.78, 5) is 11.7. The van der Waals surface area contributed by atoms with E-state index in [1.54, 1.807) is 0 Å². The van der Waals surface area contributed by atoms with Crippen molar-refractivity contribution >= 4 is 6.09 Å². The molecule has 1 aliphatic rings. The van der Waals surface area contributed by atoms with E-state index in [9.17, 15) is 4.79 Å². The van der Waals surface area contributed by atoms with Crippen molar-refractivity contribution in [1.82, 2.24) is 4.90 Å². The third-order valence-corrected chi connectivity index (χ3v) is 1.87. The normalized spacial score (nSPS) is 29.2. The standard InChI is InChI=1S/C7H13NO3/c9-5-6-2-1-3-8(4-6)7(10)11/h6,9H,1-5H2,(H,10,11)/t6-/m0/s1/i5D2. The summed E-state index contributed by atoms with van der Waals surface area (Å²) >= 11 is 0. The molecule has 2 N–H and O–H groups in total. The van der Waals surface area contributed by atoms with Gasteiger partial charge in [-0.05, 0) is 18.8 Å². The number of likely N-dealkylation sites (tertiary alicyclic amines) is 1. The van der Waals surface area contributed by atoms with Gasteiger partial charge >= 0.3 is 6.09 Å². The van der Waals surface area contributed by atoms with Gasteiger partial charge in [-0.1, -0.05) is 0 Å². The Kier molecular flexibility index (Phi) is 1.89. The number of piperidine rings is 1. The Bertz CT molecular complexity index is 204. The van der Waals surface area contributed by atoms with Crippen LogP contribution in [0.5, 0.6) is 0 Å². The summed E-state index contributed by atoms with van der Waals surface area (Å²) in [7, 11) is 0. The maximum atomic E-state index is 10.5. The van der Waals surface area contributed by atoms with Crippen LogP contribution in [0.25, 0.3) is 0 Å². The highest BCUT2D eigenvalue weighted by atomic mass is 16.4. The van der Waals surface area contributed by atoms with Crippen LogP contribution in [0.4, 0.5) is 4.79 Å². The zero-order valence-corrected chi connectivity index (χ0v) is 6.16. The Balaban J connectivity index is 2.57. The summed E-state index contributed by atoms with van der Waals surface area (Å²) < 4.78 is 14.1. The molecule has 1 fully saturated rings. The first-order chi connectivity index (χ1) is 5.91. The lowest BCUT2D eigenvalue weighted by Gasteiger charge is -2.29. The van der Waals surface area contributed by atoms with Crippen molar-refractivity contribution in [3.63, 3.8) is 0 Å². The minimum atomic E-state index is -2.27. The quantitative estimate of drug-likeness (QED) is 0.584. The number of hydrogen-bond acceptors (Lipinski definition) is 2. The number of hydrogen-bond donors (Lipinski definition) is 2. The summed E-state index contributed by atoms with van der Waals surface area (Å²) in [6, 6.07) is 0. The first-order valence-corrected chi connectivity index (χ1v) is 3.61. The van der Waals surface area contributed by atoms with Crippen LogP contribution >= 0.6 is 0 Å². The van der Waals surface area contributed by atoms with E-state index in [1.165, 1.54) is 0 Å². The van der Waals surface area contributed by atoms with Gasteiger partial charge in [0, 0.05) is 19.6 Å². The van der Waals surface area contributed by atoms with Gasteiger partial charge in [0.15, 0.2) is 0 Å². The molecular weight excluding hydrogens is 146 g/mol. The zero-order valence-electron chi connectivity index (χ0n) is 8.16. The predicted molar refractivity (Wildman–Crippen MR) is 39.4 cm³/mol. The number of rotatable bonds is 1. The van der Waals surface area contributed by atoms with E-state index in [0.717, 1.165) is 4.90 Å². The van der Waals surface area contributed by atoms with Crippen molar-refractivity contribution in [2.24, 2.45) is 5.92 Å². The summed E-state index contributed by atoms with van der Waals surface area (Å²) in [5, 5.41) is 17.7. The number of aliphatic hydroxyl groups is 1. The summed E-state index contributed by atoms with van der Waals surface area (Å²) in [5.74, 6) is -0.600. The van der Waals surface area contributed by atoms with Crippen LogP contribution in [0.3, 0.4) is 0 Å². The van der Waals surface area contributed by atoms with Crippen molar-refractivity contribution in [3.05, 3.63) is 0 Å². The summed E-state index contributed by atoms with van der Waals surface area (Å²) in [5.41, 5.74) is 0. The molecule has 0 aromatic rings. The van der Waals surface area contributed by atoms with Crippen molar-refractivity contribution in [1.29, 1.82) is 0 Å². The molecular formula is C7H13NO3. The molecule has 0 aromatic carbocycles. The molecule has 0 bridgehead atoms. The second kappa shape index (κ2) is 3.57. The monoisotopic (exact) mass is 161 g/mol. The lowest BCUT2D eigenvalue weighted by molar-refractivity contribution is 0.100. The smallest absolute Gasteiger partial charge is 0.407 e. The Hall–Kier alpha value is -0.770. The van der Waals surface area contributed by atoms with E-state index >= 15 is 0 Å². The first kappa shape index (κ1) is 5.83. The maximum Gasteiger partial charge on any atom is 0.407 e. The molecule has 11 heavy (non-hydrogen) atoms. The average molecular weight is 161 g/mol. The van der Waals surface area contributed by atoms with E-state index in [1.807, 2.05) is 0 Å². The van der Waals surface area contributed by atoms with Gasteiger partial charge in [0.05, 0.1) is 2.74 Å². The first-order valence-electron chi connectivity index (χ1n) is 4.61. The minimum absolute atomic E-state index is 0.0822. The summed E-state index contributed by atoms with van der Waals surface area (Å²) in [6.07, 6.45) is 0.0959. The molecule has 0 aromatic heterocycles. The number of amides is 1. The molecule has 1 saturated heterocycles. The third kappa shape index (κ3) is 2.08. The third-order valence-electron chi connectivity index (χ3n) is 1.87. The van der Waals surface area contributed by atoms with E-state index in [4.69, 9.17) is 13.0 Å². The Labute approximate surface area is 68.2 Å². The van der Waals surface area contributed by atoms with Crippen LogP contribution in [0.2, 0.25) is 0 Å². The highest BCUT2D eigenvalue weighted by Crippen LogP contribution is 2.15. The van der Waals surface area contributed by atoms with Crippen molar-refractivity contribution in [3.8, 4) is 0 Å². The minimum Gasteiger partial charge on any atom is -0.465 e. The second-order valence-electron chi connectivity index (χ2n) is 2.70.